The van der Waals surface area contributed by atoms with Crippen LogP contribution in [0.3, 0.4) is 0 Å². The van der Waals surface area contributed by atoms with Crippen molar-refractivity contribution in [2.75, 3.05) is 13.2 Å². The standard InChI is InChI=1S/C75H149NO11S/c1-3-5-7-9-11-13-15-17-19-21-23-25-27-28-29-30-31-32-33-34-35-36-37-38-39-40-41-42-43-45-47-49-51-53-55-57-59-61-63-65-71(79)76-68(67-85-75-73(81)74(87-88(82,83)84)72(80)70(66-77)86-75)69(78)64-62-60-58-56-54-52-50-48-46-44-26-24-22-20-18-16-14-12-10-8-6-4-2/h68-70,72-75,77-78,80-81H,3-67H2,1-2H3,(H,76,79)(H,82,83,84). The van der Waals surface area contributed by atoms with Gasteiger partial charge in [0.1, 0.15) is 24.4 Å². The van der Waals surface area contributed by atoms with Crippen LogP contribution in [0.1, 0.15) is 418 Å². The molecule has 0 aromatic carbocycles. The first kappa shape index (κ1) is 85.1. The number of carbonyl (C=O) groups excluding carboxylic acids is 1. The van der Waals surface area contributed by atoms with Crippen molar-refractivity contribution < 1.29 is 51.8 Å². The maximum Gasteiger partial charge on any atom is 0.397 e. The zero-order valence-electron chi connectivity index (χ0n) is 58.1. The molecule has 1 fully saturated rings. The second kappa shape index (κ2) is 64.8. The summed E-state index contributed by atoms with van der Waals surface area (Å²) in [5, 5.41) is 45.4. The molecule has 7 atom stereocenters. The summed E-state index contributed by atoms with van der Waals surface area (Å²) in [6, 6.07) is -0.855. The Morgan fingerprint density at radius 2 is 0.659 bits per heavy atom. The van der Waals surface area contributed by atoms with Gasteiger partial charge in [-0.3, -0.25) is 9.35 Å². The lowest BCUT2D eigenvalue weighted by Crippen LogP contribution is -2.61. The van der Waals surface area contributed by atoms with E-state index in [0.717, 1.165) is 51.4 Å². The Balaban J connectivity index is 2.12. The van der Waals surface area contributed by atoms with E-state index < -0.39 is 59.9 Å². The minimum Gasteiger partial charge on any atom is -0.394 e. The highest BCUT2D eigenvalue weighted by atomic mass is 32.3. The molecular formula is C75H149NO11S. The molecule has 0 spiro atoms. The number of hydrogen-bond acceptors (Lipinski definition) is 10. The van der Waals surface area contributed by atoms with E-state index in [1.54, 1.807) is 0 Å². The lowest BCUT2D eigenvalue weighted by atomic mass is 9.99. The summed E-state index contributed by atoms with van der Waals surface area (Å²) in [7, 11) is -5.08. The van der Waals surface area contributed by atoms with Crippen LogP contribution in [0.5, 0.6) is 0 Å². The van der Waals surface area contributed by atoms with E-state index in [2.05, 4.69) is 23.3 Å². The molecule has 1 aliphatic rings. The van der Waals surface area contributed by atoms with Crippen LogP contribution in [-0.4, -0.2) is 95.4 Å². The Labute approximate surface area is 545 Å². The molecule has 0 aliphatic carbocycles. The van der Waals surface area contributed by atoms with Gasteiger partial charge in [0, 0.05) is 6.42 Å². The minimum atomic E-state index is -5.08. The number of carbonyl (C=O) groups is 1. The van der Waals surface area contributed by atoms with Crippen LogP contribution in [0.2, 0.25) is 0 Å². The third-order valence-electron chi connectivity index (χ3n) is 19.2. The molecule has 0 aromatic heterocycles. The summed E-state index contributed by atoms with van der Waals surface area (Å²) >= 11 is 0. The van der Waals surface area contributed by atoms with E-state index in [4.69, 9.17) is 9.47 Å². The first-order valence-electron chi connectivity index (χ1n) is 38.9. The second-order valence-corrected chi connectivity index (χ2v) is 28.7. The zero-order valence-corrected chi connectivity index (χ0v) is 58.9. The van der Waals surface area contributed by atoms with Gasteiger partial charge in [-0.15, -0.1) is 0 Å². The molecule has 7 unspecified atom stereocenters. The van der Waals surface area contributed by atoms with Gasteiger partial charge in [0.15, 0.2) is 6.29 Å². The van der Waals surface area contributed by atoms with E-state index in [1.165, 1.54) is 340 Å². The highest BCUT2D eigenvalue weighted by Crippen LogP contribution is 2.27. The Morgan fingerprint density at radius 1 is 0.409 bits per heavy atom. The van der Waals surface area contributed by atoms with Crippen LogP contribution in [0.15, 0.2) is 0 Å². The molecule has 1 heterocycles. The molecule has 1 aliphatic heterocycles. The summed E-state index contributed by atoms with van der Waals surface area (Å²) in [5.41, 5.74) is 0. The van der Waals surface area contributed by atoms with Gasteiger partial charge in [-0.25, -0.2) is 4.18 Å². The van der Waals surface area contributed by atoms with Gasteiger partial charge in [-0.05, 0) is 12.8 Å². The van der Waals surface area contributed by atoms with Crippen LogP contribution in [0, 0.1) is 0 Å². The Kier molecular flexibility index (Phi) is 62.7. The molecule has 0 bridgehead atoms. The molecule has 13 heteroatoms. The highest BCUT2D eigenvalue weighted by molar-refractivity contribution is 7.80. The first-order valence-corrected chi connectivity index (χ1v) is 40.3. The number of hydrogen-bond donors (Lipinski definition) is 6. The van der Waals surface area contributed by atoms with Gasteiger partial charge in [0.05, 0.1) is 25.4 Å². The number of ether oxygens (including phenoxy) is 2. The maximum atomic E-state index is 13.2. The quantitative estimate of drug-likeness (QED) is 0.0251. The number of amides is 1. The predicted molar refractivity (Wildman–Crippen MR) is 370 cm³/mol. The fraction of sp³-hybridized carbons (Fsp3) is 0.987. The van der Waals surface area contributed by atoms with Gasteiger partial charge in [0.25, 0.3) is 0 Å². The lowest BCUT2D eigenvalue weighted by Gasteiger charge is -2.41. The van der Waals surface area contributed by atoms with Crippen molar-refractivity contribution in [1.82, 2.24) is 5.32 Å². The van der Waals surface area contributed by atoms with E-state index >= 15 is 0 Å². The Morgan fingerprint density at radius 3 is 0.909 bits per heavy atom. The van der Waals surface area contributed by atoms with Crippen LogP contribution >= 0.6 is 0 Å². The van der Waals surface area contributed by atoms with Gasteiger partial charge >= 0.3 is 10.4 Å². The van der Waals surface area contributed by atoms with Crippen molar-refractivity contribution in [2.45, 2.75) is 461 Å². The Hall–Kier alpha value is -0.900. The average molecular weight is 1270 g/mol. The van der Waals surface area contributed by atoms with Gasteiger partial charge < -0.3 is 35.2 Å². The van der Waals surface area contributed by atoms with Gasteiger partial charge in [0.2, 0.25) is 5.91 Å². The topological polar surface area (TPSA) is 192 Å². The fourth-order valence-corrected chi connectivity index (χ4v) is 13.7. The van der Waals surface area contributed by atoms with Crippen molar-refractivity contribution in [3.05, 3.63) is 0 Å². The van der Waals surface area contributed by atoms with Crippen molar-refractivity contribution in [2.24, 2.45) is 0 Å². The van der Waals surface area contributed by atoms with E-state index in [0.29, 0.717) is 12.8 Å². The molecule has 526 valence electrons. The summed E-state index contributed by atoms with van der Waals surface area (Å²) in [6.45, 7) is 3.54. The monoisotopic (exact) mass is 1270 g/mol. The predicted octanol–water partition coefficient (Wildman–Crippen LogP) is 21.1. The Bertz CT molecular complexity index is 1540. The highest BCUT2D eigenvalue weighted by Gasteiger charge is 2.48. The van der Waals surface area contributed by atoms with E-state index in [-0.39, 0.29) is 12.5 Å². The third-order valence-corrected chi connectivity index (χ3v) is 19.6. The first-order chi connectivity index (χ1) is 43.0. The van der Waals surface area contributed by atoms with Crippen molar-refractivity contribution in [3.63, 3.8) is 0 Å². The van der Waals surface area contributed by atoms with Crippen molar-refractivity contribution in [1.29, 1.82) is 0 Å². The molecule has 0 radical (unpaired) electrons. The molecule has 0 aromatic rings. The number of aliphatic hydroxyl groups excluding tert-OH is 4. The lowest BCUT2D eigenvalue weighted by molar-refractivity contribution is -0.298. The molecule has 1 saturated heterocycles. The molecule has 1 amide bonds. The second-order valence-electron chi connectivity index (χ2n) is 27.7. The van der Waals surface area contributed by atoms with Crippen molar-refractivity contribution in [3.8, 4) is 0 Å². The SMILES string of the molecule is CCCCCCCCCCCCCCCCCCCCCCCCCCCCCCCCCCCCCCCCCC(=O)NC(COC1OC(CO)C(O)C(OS(=O)(=O)O)C1O)C(O)CCCCCCCCCCCCCCCCCCCCCCCC. The average Bonchev–Trinajstić information content (AvgIpc) is 2.03. The number of unbranched alkanes of at least 4 members (excludes halogenated alkanes) is 59. The molecule has 6 N–H and O–H groups in total. The maximum absolute atomic E-state index is 13.2. The van der Waals surface area contributed by atoms with Gasteiger partial charge in [-0.1, -0.05) is 399 Å². The molecule has 88 heavy (non-hydrogen) atoms. The number of rotatable bonds is 71. The van der Waals surface area contributed by atoms with E-state index in [1.807, 2.05) is 0 Å². The third kappa shape index (κ3) is 55.5. The van der Waals surface area contributed by atoms with Crippen LogP contribution in [0.25, 0.3) is 0 Å². The zero-order chi connectivity index (χ0) is 63.9. The number of aliphatic hydroxyl groups is 4. The van der Waals surface area contributed by atoms with Crippen LogP contribution < -0.4 is 5.32 Å². The van der Waals surface area contributed by atoms with Crippen LogP contribution in [0.4, 0.5) is 0 Å². The van der Waals surface area contributed by atoms with E-state index in [9.17, 15) is 38.2 Å². The normalized spacial score (nSPS) is 17.9. The summed E-state index contributed by atoms with van der Waals surface area (Å²) in [6.07, 6.45) is 73.2. The molecule has 1 rings (SSSR count). The van der Waals surface area contributed by atoms with Crippen LogP contribution in [-0.2, 0) is 28.9 Å². The largest absolute Gasteiger partial charge is 0.397 e. The number of nitrogens with one attached hydrogen (secondary N) is 1. The molecule has 12 nitrogen and oxygen atoms in total. The molecular weight excluding hydrogens is 1120 g/mol. The minimum absolute atomic E-state index is 0.218. The van der Waals surface area contributed by atoms with Crippen molar-refractivity contribution >= 4 is 16.3 Å². The van der Waals surface area contributed by atoms with Gasteiger partial charge in [-0.2, -0.15) is 8.42 Å². The molecule has 0 saturated carbocycles. The summed E-state index contributed by atoms with van der Waals surface area (Å²) in [5.74, 6) is -0.218. The smallest absolute Gasteiger partial charge is 0.394 e. The fourth-order valence-electron chi connectivity index (χ4n) is 13.2. The summed E-state index contributed by atoms with van der Waals surface area (Å²) in [4.78, 5) is 13.2. The summed E-state index contributed by atoms with van der Waals surface area (Å²) < 4.78 is 48.2.